The maximum Gasteiger partial charge on any atom is 0.328 e. The van der Waals surface area contributed by atoms with Crippen molar-refractivity contribution in [1.29, 1.82) is 0 Å². The summed E-state index contributed by atoms with van der Waals surface area (Å²) in [4.78, 5) is 14.5. The van der Waals surface area contributed by atoms with Gasteiger partial charge in [-0.3, -0.25) is 4.57 Å². The second-order valence-electron chi connectivity index (χ2n) is 4.92. The molecule has 0 saturated heterocycles. The minimum absolute atomic E-state index is 0.0299. The third-order valence-electron chi connectivity index (χ3n) is 3.39. The molecule has 0 amide bonds. The van der Waals surface area contributed by atoms with Crippen LogP contribution in [0.3, 0.4) is 0 Å². The topological polar surface area (TPSA) is 87.5 Å². The van der Waals surface area contributed by atoms with E-state index in [1.54, 1.807) is 18.2 Å². The lowest BCUT2D eigenvalue weighted by Gasteiger charge is -2.06. The number of imidazole rings is 1. The number of nitrogens with one attached hydrogen (secondary N) is 1. The highest BCUT2D eigenvalue weighted by atomic mass is 16.5. The van der Waals surface area contributed by atoms with Crippen LogP contribution >= 0.6 is 0 Å². The van der Waals surface area contributed by atoms with Crippen LogP contribution in [0.5, 0.6) is 17.4 Å². The van der Waals surface area contributed by atoms with E-state index in [1.165, 1.54) is 11.7 Å². The zero-order valence-corrected chi connectivity index (χ0v) is 12.2. The fourth-order valence-corrected chi connectivity index (χ4v) is 2.21. The number of ether oxygens (including phenoxy) is 1. The molecule has 0 saturated carbocycles. The zero-order valence-electron chi connectivity index (χ0n) is 12.2. The first-order valence-corrected chi connectivity index (χ1v) is 6.93. The van der Waals surface area contributed by atoms with Crippen LogP contribution in [-0.2, 0) is 13.0 Å². The molecule has 6 heteroatoms. The maximum atomic E-state index is 11.8. The van der Waals surface area contributed by atoms with E-state index < -0.39 is 0 Å². The number of benzene rings is 1. The number of phenolic OH excluding ortho intramolecular Hbond substituents is 1. The Labute approximate surface area is 122 Å². The van der Waals surface area contributed by atoms with Gasteiger partial charge in [-0.25, -0.2) is 4.79 Å². The first-order chi connectivity index (χ1) is 10.1. The highest BCUT2D eigenvalue weighted by Crippen LogP contribution is 2.28. The van der Waals surface area contributed by atoms with Gasteiger partial charge in [0.25, 0.3) is 0 Å². The van der Waals surface area contributed by atoms with Crippen LogP contribution < -0.4 is 10.4 Å². The molecule has 1 aromatic carbocycles. The Morgan fingerprint density at radius 2 is 2.10 bits per heavy atom. The van der Waals surface area contributed by atoms with Crippen LogP contribution in [0.15, 0.2) is 23.0 Å². The second-order valence-corrected chi connectivity index (χ2v) is 4.92. The molecule has 6 nitrogen and oxygen atoms in total. The van der Waals surface area contributed by atoms with E-state index in [-0.39, 0.29) is 17.3 Å². The highest BCUT2D eigenvalue weighted by Gasteiger charge is 2.13. The van der Waals surface area contributed by atoms with Crippen molar-refractivity contribution < 1.29 is 14.9 Å². The van der Waals surface area contributed by atoms with Crippen LogP contribution in [0.1, 0.15) is 31.0 Å². The molecule has 2 aromatic rings. The molecule has 3 N–H and O–H groups in total. The van der Waals surface area contributed by atoms with Crippen molar-refractivity contribution in [3.05, 3.63) is 39.9 Å². The molecule has 0 aliphatic carbocycles. The maximum absolute atomic E-state index is 11.8. The Balaban J connectivity index is 2.24. The van der Waals surface area contributed by atoms with Crippen molar-refractivity contribution in [3.63, 3.8) is 0 Å². The average Bonchev–Trinajstić information content (AvgIpc) is 2.72. The van der Waals surface area contributed by atoms with Gasteiger partial charge in [0.15, 0.2) is 11.5 Å². The standard InChI is InChI=1S/C15H20N2O4/c1-3-4-7-17-14(19)11(16-15(17)20)8-10-5-6-13(21-2)12(18)9-10/h5-6,9,18-19H,3-4,7-8H2,1-2H3,(H,16,20). The summed E-state index contributed by atoms with van der Waals surface area (Å²) < 4.78 is 6.32. The molecule has 1 heterocycles. The number of methoxy groups -OCH3 is 1. The fourth-order valence-electron chi connectivity index (χ4n) is 2.21. The van der Waals surface area contributed by atoms with E-state index in [0.717, 1.165) is 18.4 Å². The molecule has 21 heavy (non-hydrogen) atoms. The van der Waals surface area contributed by atoms with Crippen molar-refractivity contribution in [2.24, 2.45) is 0 Å². The van der Waals surface area contributed by atoms with Gasteiger partial charge in [-0.2, -0.15) is 0 Å². The monoisotopic (exact) mass is 292 g/mol. The third-order valence-corrected chi connectivity index (χ3v) is 3.39. The van der Waals surface area contributed by atoms with Gasteiger partial charge in [0, 0.05) is 13.0 Å². The molecule has 0 unspecified atom stereocenters. The van der Waals surface area contributed by atoms with Gasteiger partial charge in [0.2, 0.25) is 5.88 Å². The van der Waals surface area contributed by atoms with Crippen LogP contribution in [-0.4, -0.2) is 26.9 Å². The largest absolute Gasteiger partial charge is 0.504 e. The second kappa shape index (κ2) is 6.39. The van der Waals surface area contributed by atoms with Crippen molar-refractivity contribution in [2.45, 2.75) is 32.7 Å². The summed E-state index contributed by atoms with van der Waals surface area (Å²) in [6.07, 6.45) is 2.10. The Hall–Kier alpha value is -2.37. The van der Waals surface area contributed by atoms with Gasteiger partial charge in [-0.1, -0.05) is 19.4 Å². The van der Waals surface area contributed by atoms with Crippen LogP contribution in [0.4, 0.5) is 0 Å². The number of aromatic nitrogens is 2. The van der Waals surface area contributed by atoms with E-state index in [2.05, 4.69) is 4.98 Å². The van der Waals surface area contributed by atoms with E-state index >= 15 is 0 Å². The summed E-state index contributed by atoms with van der Waals surface area (Å²) >= 11 is 0. The fraction of sp³-hybridized carbons (Fsp3) is 0.400. The molecule has 0 aliphatic heterocycles. The molecule has 1 aromatic heterocycles. The molecular weight excluding hydrogens is 272 g/mol. The van der Waals surface area contributed by atoms with Gasteiger partial charge >= 0.3 is 5.69 Å². The minimum atomic E-state index is -0.311. The Bertz CT molecular complexity index is 673. The average molecular weight is 292 g/mol. The van der Waals surface area contributed by atoms with Gasteiger partial charge in [-0.05, 0) is 24.1 Å². The van der Waals surface area contributed by atoms with Crippen molar-refractivity contribution in [2.75, 3.05) is 7.11 Å². The minimum Gasteiger partial charge on any atom is -0.504 e. The summed E-state index contributed by atoms with van der Waals surface area (Å²) in [6.45, 7) is 2.52. The van der Waals surface area contributed by atoms with Crippen molar-refractivity contribution in [3.8, 4) is 17.4 Å². The number of unbranched alkanes of at least 4 members (excludes halogenated alkanes) is 1. The number of H-pyrrole nitrogens is 1. The normalized spacial score (nSPS) is 10.8. The molecule has 0 fully saturated rings. The Morgan fingerprint density at radius 1 is 1.33 bits per heavy atom. The molecule has 0 atom stereocenters. The molecule has 0 radical (unpaired) electrons. The Morgan fingerprint density at radius 3 is 2.71 bits per heavy atom. The predicted octanol–water partition coefficient (Wildman–Crippen LogP) is 1.99. The number of rotatable bonds is 6. The van der Waals surface area contributed by atoms with E-state index in [0.29, 0.717) is 24.4 Å². The molecule has 114 valence electrons. The van der Waals surface area contributed by atoms with Gasteiger partial charge < -0.3 is 19.9 Å². The van der Waals surface area contributed by atoms with E-state index in [1.807, 2.05) is 6.92 Å². The molecule has 2 rings (SSSR count). The number of hydrogen-bond acceptors (Lipinski definition) is 4. The van der Waals surface area contributed by atoms with Crippen LogP contribution in [0.2, 0.25) is 0 Å². The van der Waals surface area contributed by atoms with Gasteiger partial charge in [-0.15, -0.1) is 0 Å². The van der Waals surface area contributed by atoms with Crippen LogP contribution in [0.25, 0.3) is 0 Å². The lowest BCUT2D eigenvalue weighted by atomic mass is 10.1. The SMILES string of the molecule is CCCCn1c(O)c(Cc2ccc(OC)c(O)c2)[nH]c1=O. The van der Waals surface area contributed by atoms with Crippen molar-refractivity contribution in [1.82, 2.24) is 9.55 Å². The summed E-state index contributed by atoms with van der Waals surface area (Å²) in [5, 5.41) is 19.9. The number of aromatic amines is 1. The third kappa shape index (κ3) is 3.21. The number of phenols is 1. The lowest BCUT2D eigenvalue weighted by Crippen LogP contribution is -2.16. The first kappa shape index (κ1) is 15.0. The van der Waals surface area contributed by atoms with Crippen molar-refractivity contribution >= 4 is 0 Å². The summed E-state index contributed by atoms with van der Waals surface area (Å²) in [6, 6.07) is 4.98. The van der Waals surface area contributed by atoms with Gasteiger partial charge in [0.1, 0.15) is 0 Å². The number of nitrogens with zero attached hydrogens (tertiary/aromatic N) is 1. The quantitative estimate of drug-likeness (QED) is 0.759. The van der Waals surface area contributed by atoms with Gasteiger partial charge in [0.05, 0.1) is 12.8 Å². The Kier molecular flexibility index (Phi) is 4.57. The number of aromatic hydroxyl groups is 2. The smallest absolute Gasteiger partial charge is 0.328 e. The lowest BCUT2D eigenvalue weighted by molar-refractivity contribution is 0.373. The zero-order chi connectivity index (χ0) is 15.4. The molecule has 0 bridgehead atoms. The summed E-state index contributed by atoms with van der Waals surface area (Å²) in [5.74, 6) is 0.378. The highest BCUT2D eigenvalue weighted by molar-refractivity contribution is 5.43. The first-order valence-electron chi connectivity index (χ1n) is 6.93. The molecular formula is C15H20N2O4. The summed E-state index contributed by atoms with van der Waals surface area (Å²) in [7, 11) is 1.48. The summed E-state index contributed by atoms with van der Waals surface area (Å²) in [5.41, 5.74) is 0.904. The van der Waals surface area contributed by atoms with E-state index in [9.17, 15) is 15.0 Å². The molecule has 0 aliphatic rings. The molecule has 0 spiro atoms. The van der Waals surface area contributed by atoms with E-state index in [4.69, 9.17) is 4.74 Å². The van der Waals surface area contributed by atoms with Crippen LogP contribution in [0, 0.1) is 0 Å². The predicted molar refractivity (Wildman–Crippen MR) is 79.1 cm³/mol. The number of hydrogen-bond donors (Lipinski definition) is 3.